The minimum absolute atomic E-state index is 0.0202. The zero-order valence-corrected chi connectivity index (χ0v) is 13.7. The monoisotopic (exact) mass is 347 g/mol. The molecule has 0 atom stereocenters. The third-order valence-corrected chi connectivity index (χ3v) is 3.98. The van der Waals surface area contributed by atoms with Crippen LogP contribution in [0, 0.1) is 5.82 Å². The van der Waals surface area contributed by atoms with E-state index in [0.29, 0.717) is 30.2 Å². The number of aliphatic imine (C=N–C) groups is 1. The van der Waals surface area contributed by atoms with E-state index in [1.54, 1.807) is 19.2 Å². The van der Waals surface area contributed by atoms with Crippen molar-refractivity contribution >= 4 is 23.2 Å². The van der Waals surface area contributed by atoms with Crippen LogP contribution in [0.15, 0.2) is 29.4 Å². The zero-order valence-electron chi connectivity index (χ0n) is 13.0. The van der Waals surface area contributed by atoms with Crippen LogP contribution in [0.5, 0.6) is 0 Å². The van der Waals surface area contributed by atoms with E-state index in [0.717, 1.165) is 0 Å². The van der Waals surface area contributed by atoms with Crippen LogP contribution in [0.4, 0.5) is 4.39 Å². The molecule has 124 valence electrons. The number of hydrogen-bond acceptors (Lipinski definition) is 5. The van der Waals surface area contributed by atoms with Crippen LogP contribution in [0.2, 0.25) is 5.02 Å². The third-order valence-electron chi connectivity index (χ3n) is 3.69. The molecule has 3 rings (SSSR count). The zero-order chi connectivity index (χ0) is 17.3. The number of aromatic nitrogens is 2. The summed E-state index contributed by atoms with van der Waals surface area (Å²) in [7, 11) is 1.65. The van der Waals surface area contributed by atoms with Gasteiger partial charge in [-0.25, -0.2) is 9.37 Å². The van der Waals surface area contributed by atoms with Crippen molar-refractivity contribution < 1.29 is 9.18 Å². The summed E-state index contributed by atoms with van der Waals surface area (Å²) >= 11 is 5.82. The Morgan fingerprint density at radius 3 is 3.00 bits per heavy atom. The van der Waals surface area contributed by atoms with Crippen LogP contribution in [0.1, 0.15) is 27.4 Å². The highest BCUT2D eigenvalue weighted by molar-refractivity contribution is 6.31. The molecule has 1 aromatic heterocycles. The fourth-order valence-corrected chi connectivity index (χ4v) is 2.63. The van der Waals surface area contributed by atoms with Gasteiger partial charge in [-0.2, -0.15) is 0 Å². The van der Waals surface area contributed by atoms with Gasteiger partial charge in [0.15, 0.2) is 5.82 Å². The van der Waals surface area contributed by atoms with Gasteiger partial charge in [0, 0.05) is 25.7 Å². The molecule has 2 aromatic rings. The van der Waals surface area contributed by atoms with Crippen molar-refractivity contribution in [1.82, 2.24) is 14.9 Å². The first-order valence-corrected chi connectivity index (χ1v) is 7.71. The number of likely N-dealkylation sites (N-methyl/N-ethyl adjacent to an activating group) is 1. The number of fused-ring (bicyclic) bond motifs is 1. The Hall–Kier alpha value is -2.38. The first-order valence-electron chi connectivity index (χ1n) is 7.33. The molecule has 0 unspecified atom stereocenters. The second kappa shape index (κ2) is 6.62. The first kappa shape index (κ1) is 16.5. The molecular formula is C16H15ClFN5O. The molecule has 1 amide bonds. The maximum absolute atomic E-state index is 14.2. The van der Waals surface area contributed by atoms with E-state index in [2.05, 4.69) is 15.0 Å². The number of carbonyl (C=O) groups is 1. The summed E-state index contributed by atoms with van der Waals surface area (Å²) in [6.07, 6.45) is 1.37. The van der Waals surface area contributed by atoms with Gasteiger partial charge in [0.25, 0.3) is 5.91 Å². The number of carbonyl (C=O) groups excluding carboxylic acids is 1. The van der Waals surface area contributed by atoms with Crippen LogP contribution >= 0.6 is 11.6 Å². The minimum Gasteiger partial charge on any atom is -0.339 e. The molecule has 0 fully saturated rings. The molecule has 1 aliphatic heterocycles. The molecule has 1 aromatic carbocycles. The molecule has 0 aliphatic carbocycles. The van der Waals surface area contributed by atoms with Crippen LogP contribution in [0.3, 0.4) is 0 Å². The predicted molar refractivity (Wildman–Crippen MR) is 88.8 cm³/mol. The highest BCUT2D eigenvalue weighted by Gasteiger charge is 2.25. The normalized spacial score (nSPS) is 12.8. The lowest BCUT2D eigenvalue weighted by molar-refractivity contribution is 0.0792. The summed E-state index contributed by atoms with van der Waals surface area (Å²) in [5.41, 5.74) is 7.34. The van der Waals surface area contributed by atoms with Gasteiger partial charge in [0.05, 0.1) is 29.2 Å². The maximum atomic E-state index is 14.2. The van der Waals surface area contributed by atoms with Crippen LogP contribution < -0.4 is 5.73 Å². The summed E-state index contributed by atoms with van der Waals surface area (Å²) in [6.45, 7) is 1.03. The Bertz CT molecular complexity index is 839. The molecule has 0 spiro atoms. The predicted octanol–water partition coefficient (Wildman–Crippen LogP) is 1.65. The van der Waals surface area contributed by atoms with Crippen molar-refractivity contribution in [2.45, 2.75) is 6.54 Å². The molecule has 24 heavy (non-hydrogen) atoms. The number of rotatable bonds is 4. The highest BCUT2D eigenvalue weighted by atomic mass is 35.5. The molecule has 1 aliphatic rings. The van der Waals surface area contributed by atoms with E-state index >= 15 is 0 Å². The van der Waals surface area contributed by atoms with Crippen LogP contribution in [0.25, 0.3) is 0 Å². The van der Waals surface area contributed by atoms with Crippen molar-refractivity contribution in [2.75, 3.05) is 20.1 Å². The van der Waals surface area contributed by atoms with E-state index in [4.69, 9.17) is 17.3 Å². The van der Waals surface area contributed by atoms with Crippen molar-refractivity contribution in [1.29, 1.82) is 0 Å². The van der Waals surface area contributed by atoms with Gasteiger partial charge in [0.1, 0.15) is 11.4 Å². The first-order chi connectivity index (χ1) is 11.5. The van der Waals surface area contributed by atoms with E-state index in [1.165, 1.54) is 17.2 Å². The van der Waals surface area contributed by atoms with E-state index < -0.39 is 5.82 Å². The molecule has 0 saturated carbocycles. The van der Waals surface area contributed by atoms with Gasteiger partial charge in [-0.1, -0.05) is 17.7 Å². The average Bonchev–Trinajstić information content (AvgIpc) is 3.00. The Morgan fingerprint density at radius 2 is 2.25 bits per heavy atom. The van der Waals surface area contributed by atoms with Gasteiger partial charge < -0.3 is 10.6 Å². The number of amides is 1. The lowest BCUT2D eigenvalue weighted by atomic mass is 10.1. The van der Waals surface area contributed by atoms with Crippen molar-refractivity contribution in [3.63, 3.8) is 0 Å². The second-order valence-corrected chi connectivity index (χ2v) is 5.74. The highest BCUT2D eigenvalue weighted by Crippen LogP contribution is 2.25. The van der Waals surface area contributed by atoms with E-state index in [9.17, 15) is 9.18 Å². The SMILES string of the molecule is CN(CCN)C(=O)c1cnc2c(n1)CN=C2c1cccc(Cl)c1F. The van der Waals surface area contributed by atoms with Gasteiger partial charge in [-0.3, -0.25) is 14.8 Å². The Morgan fingerprint density at radius 1 is 1.46 bits per heavy atom. The van der Waals surface area contributed by atoms with Crippen LogP contribution in [-0.2, 0) is 6.54 Å². The van der Waals surface area contributed by atoms with Crippen molar-refractivity contribution in [3.05, 3.63) is 57.9 Å². The summed E-state index contributed by atoms with van der Waals surface area (Å²) in [5.74, 6) is -0.812. The maximum Gasteiger partial charge on any atom is 0.273 e. The van der Waals surface area contributed by atoms with Gasteiger partial charge in [0.2, 0.25) is 0 Å². The minimum atomic E-state index is -0.546. The quantitative estimate of drug-likeness (QED) is 0.911. The molecule has 2 N–H and O–H groups in total. The third kappa shape index (κ3) is 2.88. The number of hydrogen-bond donors (Lipinski definition) is 1. The van der Waals surface area contributed by atoms with E-state index in [1.807, 2.05) is 0 Å². The fourth-order valence-electron chi connectivity index (χ4n) is 2.46. The van der Waals surface area contributed by atoms with Crippen LogP contribution in [-0.4, -0.2) is 46.6 Å². The summed E-state index contributed by atoms with van der Waals surface area (Å²) in [4.78, 5) is 26.6. The molecule has 0 saturated heterocycles. The van der Waals surface area contributed by atoms with Gasteiger partial charge in [-0.15, -0.1) is 0 Å². The summed E-state index contributed by atoms with van der Waals surface area (Å²) in [6, 6.07) is 4.71. The lowest BCUT2D eigenvalue weighted by Crippen LogP contribution is -2.32. The number of benzene rings is 1. The molecule has 6 nitrogen and oxygen atoms in total. The lowest BCUT2D eigenvalue weighted by Gasteiger charge is -2.15. The largest absolute Gasteiger partial charge is 0.339 e. The fraction of sp³-hybridized carbons (Fsp3) is 0.250. The smallest absolute Gasteiger partial charge is 0.273 e. The molecular weight excluding hydrogens is 333 g/mol. The summed E-state index contributed by atoms with van der Waals surface area (Å²) < 4.78 is 14.2. The topological polar surface area (TPSA) is 84.5 Å². The number of nitrogens with zero attached hydrogens (tertiary/aromatic N) is 4. The van der Waals surface area contributed by atoms with Gasteiger partial charge >= 0.3 is 0 Å². The molecule has 8 heteroatoms. The Kier molecular flexibility index (Phi) is 4.55. The second-order valence-electron chi connectivity index (χ2n) is 5.33. The number of nitrogens with two attached hydrogens (primary N) is 1. The molecule has 0 radical (unpaired) electrons. The van der Waals surface area contributed by atoms with Crippen molar-refractivity contribution in [3.8, 4) is 0 Å². The Balaban J connectivity index is 1.93. The number of halogens is 2. The Labute approximate surface area is 143 Å². The molecule has 0 bridgehead atoms. The standard InChI is InChI=1S/C16H15ClFN5O/c1-23(6-5-19)16(24)12-8-21-15-11(22-12)7-20-14(15)9-3-2-4-10(17)13(9)18/h2-4,8H,5-7,19H2,1H3. The average molecular weight is 348 g/mol. The van der Waals surface area contributed by atoms with E-state index in [-0.39, 0.29) is 28.7 Å². The van der Waals surface area contributed by atoms with Gasteiger partial charge in [-0.05, 0) is 12.1 Å². The van der Waals surface area contributed by atoms with Crippen molar-refractivity contribution in [2.24, 2.45) is 10.7 Å². The summed E-state index contributed by atoms with van der Waals surface area (Å²) in [5, 5.41) is 0.0202. The molecule has 2 heterocycles.